The summed E-state index contributed by atoms with van der Waals surface area (Å²) in [6, 6.07) is 11.6. The highest BCUT2D eigenvalue weighted by atomic mass is 16.5. The fraction of sp³-hybridized carbons (Fsp3) is 0.476. The molecular weight excluding hydrogens is 342 g/mol. The summed E-state index contributed by atoms with van der Waals surface area (Å²) < 4.78 is 5.55. The Kier molecular flexibility index (Phi) is 5.94. The lowest BCUT2D eigenvalue weighted by Crippen LogP contribution is -2.58. The first-order chi connectivity index (χ1) is 13.1. The number of aromatic nitrogens is 1. The SMILES string of the molecule is CCCC(=O)N1CCCC1(Cc1cc(-c2ccccc2)no1)C(=O)NCC. The number of amides is 2. The summed E-state index contributed by atoms with van der Waals surface area (Å²) in [6.45, 7) is 5.00. The van der Waals surface area contributed by atoms with Crippen LogP contribution in [-0.4, -0.2) is 40.5 Å². The summed E-state index contributed by atoms with van der Waals surface area (Å²) >= 11 is 0. The molecule has 2 heterocycles. The van der Waals surface area contributed by atoms with Crippen LogP contribution in [0.5, 0.6) is 0 Å². The Morgan fingerprint density at radius 3 is 2.74 bits per heavy atom. The molecule has 0 radical (unpaired) electrons. The predicted octanol–water partition coefficient (Wildman–Crippen LogP) is 3.18. The number of hydrogen-bond acceptors (Lipinski definition) is 4. The number of likely N-dealkylation sites (N-methyl/N-ethyl adjacent to an activating group) is 1. The van der Waals surface area contributed by atoms with Gasteiger partial charge in [-0.15, -0.1) is 0 Å². The maximum atomic E-state index is 13.0. The van der Waals surface area contributed by atoms with Crippen molar-refractivity contribution in [3.05, 3.63) is 42.2 Å². The first-order valence-electron chi connectivity index (χ1n) is 9.70. The Hall–Kier alpha value is -2.63. The van der Waals surface area contributed by atoms with Crippen molar-refractivity contribution in [2.45, 2.75) is 51.5 Å². The molecule has 144 valence electrons. The molecular formula is C21H27N3O3. The average molecular weight is 369 g/mol. The fourth-order valence-corrected chi connectivity index (χ4v) is 3.85. The van der Waals surface area contributed by atoms with Gasteiger partial charge in [-0.2, -0.15) is 0 Å². The van der Waals surface area contributed by atoms with E-state index in [0.29, 0.717) is 38.1 Å². The molecule has 1 aromatic carbocycles. The highest BCUT2D eigenvalue weighted by molar-refractivity contribution is 5.92. The normalized spacial score (nSPS) is 19.3. The molecule has 0 bridgehead atoms. The largest absolute Gasteiger partial charge is 0.361 e. The third kappa shape index (κ3) is 3.89. The molecule has 2 aromatic rings. The Balaban J connectivity index is 1.89. The van der Waals surface area contributed by atoms with Gasteiger partial charge in [-0.1, -0.05) is 42.4 Å². The van der Waals surface area contributed by atoms with Gasteiger partial charge in [-0.3, -0.25) is 9.59 Å². The Morgan fingerprint density at radius 2 is 2.04 bits per heavy atom. The van der Waals surface area contributed by atoms with Gasteiger partial charge in [0, 0.05) is 37.6 Å². The summed E-state index contributed by atoms with van der Waals surface area (Å²) in [4.78, 5) is 27.4. The monoisotopic (exact) mass is 369 g/mol. The van der Waals surface area contributed by atoms with E-state index in [0.717, 1.165) is 24.1 Å². The summed E-state index contributed by atoms with van der Waals surface area (Å²) in [6.07, 6.45) is 3.00. The van der Waals surface area contributed by atoms with Gasteiger partial charge >= 0.3 is 0 Å². The second-order valence-electron chi connectivity index (χ2n) is 7.01. The van der Waals surface area contributed by atoms with Gasteiger partial charge in [0.1, 0.15) is 17.0 Å². The standard InChI is InChI=1S/C21H27N3O3/c1-3-9-19(25)24-13-8-12-21(24,20(26)22-4-2)15-17-14-18(23-27-17)16-10-6-5-7-11-16/h5-7,10-11,14H,3-4,8-9,12-13,15H2,1-2H3,(H,22,26). The maximum Gasteiger partial charge on any atom is 0.246 e. The molecule has 27 heavy (non-hydrogen) atoms. The van der Waals surface area contributed by atoms with Crippen LogP contribution >= 0.6 is 0 Å². The van der Waals surface area contributed by atoms with Gasteiger partial charge in [0.2, 0.25) is 11.8 Å². The minimum absolute atomic E-state index is 0.0315. The minimum atomic E-state index is -0.893. The van der Waals surface area contributed by atoms with E-state index in [2.05, 4.69) is 10.5 Å². The molecule has 1 aromatic heterocycles. The van der Waals surface area contributed by atoms with Crippen molar-refractivity contribution in [3.8, 4) is 11.3 Å². The predicted molar refractivity (Wildman–Crippen MR) is 103 cm³/mol. The van der Waals surface area contributed by atoms with Gasteiger partial charge in [-0.05, 0) is 26.2 Å². The fourth-order valence-electron chi connectivity index (χ4n) is 3.85. The molecule has 1 fully saturated rings. The van der Waals surface area contributed by atoms with E-state index in [1.165, 1.54) is 0 Å². The molecule has 1 aliphatic heterocycles. The van der Waals surface area contributed by atoms with Crippen molar-refractivity contribution in [1.82, 2.24) is 15.4 Å². The van der Waals surface area contributed by atoms with Crippen LogP contribution in [0.1, 0.15) is 45.3 Å². The van der Waals surface area contributed by atoms with Gasteiger partial charge in [-0.25, -0.2) is 0 Å². The lowest BCUT2D eigenvalue weighted by Gasteiger charge is -2.36. The zero-order valence-corrected chi connectivity index (χ0v) is 16.0. The number of carbonyl (C=O) groups is 2. The van der Waals surface area contributed by atoms with Gasteiger partial charge < -0.3 is 14.7 Å². The molecule has 1 aliphatic rings. The van der Waals surface area contributed by atoms with Crippen LogP contribution in [0.25, 0.3) is 11.3 Å². The van der Waals surface area contributed by atoms with Crippen molar-refractivity contribution >= 4 is 11.8 Å². The molecule has 0 saturated carbocycles. The first-order valence-corrected chi connectivity index (χ1v) is 9.70. The Bertz CT molecular complexity index is 787. The molecule has 2 amide bonds. The highest BCUT2D eigenvalue weighted by Crippen LogP contribution is 2.35. The van der Waals surface area contributed by atoms with E-state index >= 15 is 0 Å². The number of hydrogen-bond donors (Lipinski definition) is 1. The smallest absolute Gasteiger partial charge is 0.246 e. The van der Waals surface area contributed by atoms with Crippen LogP contribution in [0.15, 0.2) is 40.9 Å². The molecule has 0 aliphatic carbocycles. The van der Waals surface area contributed by atoms with E-state index in [1.54, 1.807) is 4.90 Å². The third-order valence-electron chi connectivity index (χ3n) is 5.11. The molecule has 6 nitrogen and oxygen atoms in total. The molecule has 1 N–H and O–H groups in total. The topological polar surface area (TPSA) is 75.4 Å². The van der Waals surface area contributed by atoms with Crippen LogP contribution in [0.4, 0.5) is 0 Å². The maximum absolute atomic E-state index is 13.0. The highest BCUT2D eigenvalue weighted by Gasteiger charge is 2.49. The van der Waals surface area contributed by atoms with Crippen LogP contribution in [-0.2, 0) is 16.0 Å². The molecule has 3 rings (SSSR count). The minimum Gasteiger partial charge on any atom is -0.361 e. The summed E-state index contributed by atoms with van der Waals surface area (Å²) in [7, 11) is 0. The van der Waals surface area contributed by atoms with E-state index in [9.17, 15) is 9.59 Å². The van der Waals surface area contributed by atoms with Crippen molar-refractivity contribution in [2.24, 2.45) is 0 Å². The van der Waals surface area contributed by atoms with Crippen molar-refractivity contribution < 1.29 is 14.1 Å². The number of carbonyl (C=O) groups excluding carboxylic acids is 2. The second-order valence-corrected chi connectivity index (χ2v) is 7.01. The zero-order chi connectivity index (χ0) is 19.3. The molecule has 1 saturated heterocycles. The number of likely N-dealkylation sites (tertiary alicyclic amines) is 1. The molecule has 1 atom stereocenters. The quantitative estimate of drug-likeness (QED) is 0.813. The number of nitrogens with zero attached hydrogens (tertiary/aromatic N) is 2. The summed E-state index contributed by atoms with van der Waals surface area (Å²) in [5.41, 5.74) is 0.807. The van der Waals surface area contributed by atoms with Gasteiger partial charge in [0.15, 0.2) is 0 Å². The van der Waals surface area contributed by atoms with Crippen LogP contribution in [0.3, 0.4) is 0 Å². The summed E-state index contributed by atoms with van der Waals surface area (Å²) in [5, 5.41) is 7.08. The Morgan fingerprint density at radius 1 is 1.26 bits per heavy atom. The number of rotatable bonds is 7. The third-order valence-corrected chi connectivity index (χ3v) is 5.11. The van der Waals surface area contributed by atoms with E-state index < -0.39 is 5.54 Å². The van der Waals surface area contributed by atoms with E-state index in [4.69, 9.17) is 4.52 Å². The van der Waals surface area contributed by atoms with Crippen LogP contribution < -0.4 is 5.32 Å². The van der Waals surface area contributed by atoms with Gasteiger partial charge in [0.05, 0.1) is 0 Å². The van der Waals surface area contributed by atoms with E-state index in [1.807, 2.05) is 50.2 Å². The number of benzene rings is 1. The molecule has 6 heteroatoms. The summed E-state index contributed by atoms with van der Waals surface area (Å²) in [5.74, 6) is 0.546. The van der Waals surface area contributed by atoms with E-state index in [-0.39, 0.29) is 11.8 Å². The Labute approximate surface area is 159 Å². The van der Waals surface area contributed by atoms with Crippen molar-refractivity contribution in [1.29, 1.82) is 0 Å². The molecule has 0 spiro atoms. The zero-order valence-electron chi connectivity index (χ0n) is 16.0. The van der Waals surface area contributed by atoms with Crippen LogP contribution in [0, 0.1) is 0 Å². The number of nitrogens with one attached hydrogen (secondary N) is 1. The first kappa shape index (κ1) is 19.1. The average Bonchev–Trinajstić information content (AvgIpc) is 3.31. The lowest BCUT2D eigenvalue weighted by molar-refractivity contribution is -0.145. The second kappa shape index (κ2) is 8.37. The van der Waals surface area contributed by atoms with Crippen molar-refractivity contribution in [2.75, 3.05) is 13.1 Å². The van der Waals surface area contributed by atoms with Crippen LogP contribution in [0.2, 0.25) is 0 Å². The van der Waals surface area contributed by atoms with Crippen molar-refractivity contribution in [3.63, 3.8) is 0 Å². The molecule has 1 unspecified atom stereocenters. The van der Waals surface area contributed by atoms with Gasteiger partial charge in [0.25, 0.3) is 0 Å². The lowest BCUT2D eigenvalue weighted by atomic mass is 9.88.